The number of H-pyrrole nitrogens is 1. The van der Waals surface area contributed by atoms with Crippen LogP contribution >= 0.6 is 0 Å². The lowest BCUT2D eigenvalue weighted by Crippen LogP contribution is -2.35. The Kier molecular flexibility index (Phi) is 6.61. The van der Waals surface area contributed by atoms with E-state index in [9.17, 15) is 4.79 Å². The number of anilines is 1. The van der Waals surface area contributed by atoms with Crippen LogP contribution in [0.15, 0.2) is 23.0 Å². The summed E-state index contributed by atoms with van der Waals surface area (Å²) in [6, 6.07) is 6.27. The topological polar surface area (TPSA) is 137 Å². The van der Waals surface area contributed by atoms with Gasteiger partial charge in [-0.2, -0.15) is 9.97 Å². The lowest BCUT2D eigenvalue weighted by Gasteiger charge is -2.31. The molecule has 1 aliphatic heterocycles. The zero-order chi connectivity index (χ0) is 22.7. The first-order chi connectivity index (χ1) is 15.5. The molecule has 4 rings (SSSR count). The van der Waals surface area contributed by atoms with Crippen LogP contribution in [0.4, 0.5) is 5.82 Å². The number of nitrogen functional groups attached to an aromatic ring is 1. The number of aromatic nitrogens is 4. The van der Waals surface area contributed by atoms with E-state index in [0.717, 1.165) is 50.3 Å². The summed E-state index contributed by atoms with van der Waals surface area (Å²) < 4.78 is 12.6. The van der Waals surface area contributed by atoms with E-state index in [2.05, 4.69) is 25.9 Å². The molecule has 0 radical (unpaired) electrons. The molecule has 0 unspecified atom stereocenters. The van der Waals surface area contributed by atoms with Gasteiger partial charge in [0.1, 0.15) is 11.3 Å². The Morgan fingerprint density at radius 3 is 2.69 bits per heavy atom. The number of nitrogens with one attached hydrogen (secondary N) is 1. The largest absolute Gasteiger partial charge is 0.496 e. The third-order valence-electron chi connectivity index (χ3n) is 6.03. The third-order valence-corrected chi connectivity index (χ3v) is 6.03. The van der Waals surface area contributed by atoms with Crippen LogP contribution in [0.2, 0.25) is 0 Å². The van der Waals surface area contributed by atoms with Crippen LogP contribution in [-0.4, -0.2) is 57.8 Å². The van der Waals surface area contributed by atoms with Gasteiger partial charge in [0, 0.05) is 12.1 Å². The molecule has 1 saturated heterocycles. The highest BCUT2D eigenvalue weighted by Gasteiger charge is 2.19. The molecule has 3 aromatic rings. The molecular formula is C22H31N7O3. The molecule has 0 amide bonds. The van der Waals surface area contributed by atoms with E-state index >= 15 is 0 Å². The number of likely N-dealkylation sites (tertiary alicyclic amines) is 1. The van der Waals surface area contributed by atoms with Crippen LogP contribution in [-0.2, 0) is 13.1 Å². The number of nitrogens with zero attached hydrogens (tertiary/aromatic N) is 4. The number of rotatable bonds is 8. The zero-order valence-electron chi connectivity index (χ0n) is 18.6. The number of hydrogen-bond donors (Lipinski definition) is 3. The van der Waals surface area contributed by atoms with E-state index in [-0.39, 0.29) is 24.1 Å². The molecule has 1 fully saturated rings. The molecule has 0 atom stereocenters. The maximum atomic E-state index is 12.6. The normalized spacial score (nSPS) is 15.3. The average molecular weight is 442 g/mol. The van der Waals surface area contributed by atoms with E-state index in [1.165, 1.54) is 10.1 Å². The Morgan fingerprint density at radius 1 is 1.22 bits per heavy atom. The van der Waals surface area contributed by atoms with Crippen molar-refractivity contribution in [1.29, 1.82) is 0 Å². The first-order valence-electron chi connectivity index (χ1n) is 11.0. The number of piperidine rings is 1. The van der Waals surface area contributed by atoms with Gasteiger partial charge >= 0.3 is 11.7 Å². The maximum Gasteiger partial charge on any atom is 0.328 e. The van der Waals surface area contributed by atoms with Gasteiger partial charge in [-0.15, -0.1) is 0 Å². The molecular weight excluding hydrogens is 410 g/mol. The third kappa shape index (κ3) is 4.56. The number of benzene rings is 1. The van der Waals surface area contributed by atoms with Crippen LogP contribution in [0, 0.1) is 5.92 Å². The number of fused-ring (bicyclic) bond motifs is 1. The predicted octanol–water partition coefficient (Wildman–Crippen LogP) is 1.33. The van der Waals surface area contributed by atoms with E-state index < -0.39 is 0 Å². The van der Waals surface area contributed by atoms with Gasteiger partial charge in [0.15, 0.2) is 11.5 Å². The Hall–Kier alpha value is -3.11. The Balaban J connectivity index is 1.57. The van der Waals surface area contributed by atoms with Gasteiger partial charge in [-0.1, -0.05) is 12.1 Å². The van der Waals surface area contributed by atoms with Crippen molar-refractivity contribution in [1.82, 2.24) is 24.4 Å². The van der Waals surface area contributed by atoms with Gasteiger partial charge in [0.2, 0.25) is 0 Å². The molecule has 2 aromatic heterocycles. The second-order valence-electron chi connectivity index (χ2n) is 8.14. The van der Waals surface area contributed by atoms with Gasteiger partial charge in [-0.3, -0.25) is 9.47 Å². The van der Waals surface area contributed by atoms with Crippen molar-refractivity contribution in [3.63, 3.8) is 0 Å². The number of hydrogen-bond acceptors (Lipinski definition) is 8. The molecule has 3 heterocycles. The number of aromatic amines is 1. The van der Waals surface area contributed by atoms with E-state index in [0.29, 0.717) is 23.7 Å². The Morgan fingerprint density at radius 2 is 2.00 bits per heavy atom. The van der Waals surface area contributed by atoms with E-state index in [1.807, 2.05) is 19.1 Å². The van der Waals surface area contributed by atoms with E-state index in [1.54, 1.807) is 7.11 Å². The summed E-state index contributed by atoms with van der Waals surface area (Å²) in [6.45, 7) is 6.26. The van der Waals surface area contributed by atoms with Crippen molar-refractivity contribution in [3.8, 4) is 11.8 Å². The van der Waals surface area contributed by atoms with Crippen LogP contribution < -0.4 is 26.6 Å². The van der Waals surface area contributed by atoms with Crippen LogP contribution in [0.3, 0.4) is 0 Å². The first kappa shape index (κ1) is 22.1. The summed E-state index contributed by atoms with van der Waals surface area (Å²) in [5.41, 5.74) is 14.3. The predicted molar refractivity (Wildman–Crippen MR) is 123 cm³/mol. The molecule has 0 saturated carbocycles. The van der Waals surface area contributed by atoms with Gasteiger partial charge in [-0.05, 0) is 56.9 Å². The molecule has 1 aliphatic rings. The summed E-state index contributed by atoms with van der Waals surface area (Å²) >= 11 is 0. The van der Waals surface area contributed by atoms with Crippen molar-refractivity contribution in [2.24, 2.45) is 11.7 Å². The number of nitrogens with two attached hydrogens (primary N) is 2. The minimum Gasteiger partial charge on any atom is -0.496 e. The standard InChI is InChI=1S/C22H31N7O3/c1-3-32-21-26-19(24)18-20(27-21)29(22(30)25-18)13-16-5-4-15(10-17(16)31-2)12-28-8-6-14(11-23)7-9-28/h4-5,10,14H,3,6-9,11-13,23H2,1-2H3,(H,25,30)(H2,24,26,27). The van der Waals surface area contributed by atoms with Crippen molar-refractivity contribution in [3.05, 3.63) is 39.8 Å². The average Bonchev–Trinajstić information content (AvgIpc) is 3.11. The first-order valence-corrected chi connectivity index (χ1v) is 11.0. The minimum absolute atomic E-state index is 0.144. The molecule has 0 spiro atoms. The SMILES string of the molecule is CCOc1nc(N)c2[nH]c(=O)n(Cc3ccc(CN4CCC(CN)CC4)cc3OC)c2n1. The lowest BCUT2D eigenvalue weighted by atomic mass is 9.96. The molecule has 0 bridgehead atoms. The van der Waals surface area contributed by atoms with Crippen LogP contribution in [0.1, 0.15) is 30.9 Å². The highest BCUT2D eigenvalue weighted by molar-refractivity contribution is 5.82. The monoisotopic (exact) mass is 441 g/mol. The van der Waals surface area contributed by atoms with Crippen LogP contribution in [0.5, 0.6) is 11.8 Å². The molecule has 5 N–H and O–H groups in total. The number of imidazole rings is 1. The van der Waals surface area contributed by atoms with Crippen molar-refractivity contribution in [2.75, 3.05) is 39.1 Å². The van der Waals surface area contributed by atoms with Gasteiger partial charge in [0.05, 0.1) is 20.3 Å². The second-order valence-corrected chi connectivity index (χ2v) is 8.14. The fourth-order valence-electron chi connectivity index (χ4n) is 4.20. The number of ether oxygens (including phenoxy) is 2. The van der Waals surface area contributed by atoms with Gasteiger partial charge in [0.25, 0.3) is 0 Å². The number of methoxy groups -OCH3 is 1. The summed E-state index contributed by atoms with van der Waals surface area (Å²) in [5, 5.41) is 0. The van der Waals surface area contributed by atoms with Crippen molar-refractivity contribution >= 4 is 17.0 Å². The minimum atomic E-state index is -0.316. The molecule has 32 heavy (non-hydrogen) atoms. The molecule has 172 valence electrons. The second kappa shape index (κ2) is 9.58. The fourth-order valence-corrected chi connectivity index (χ4v) is 4.20. The highest BCUT2D eigenvalue weighted by atomic mass is 16.5. The smallest absolute Gasteiger partial charge is 0.328 e. The summed E-state index contributed by atoms with van der Waals surface area (Å²) in [4.78, 5) is 26.3. The quantitative estimate of drug-likeness (QED) is 0.476. The van der Waals surface area contributed by atoms with Crippen molar-refractivity contribution < 1.29 is 9.47 Å². The summed E-state index contributed by atoms with van der Waals surface area (Å²) in [7, 11) is 1.64. The summed E-state index contributed by atoms with van der Waals surface area (Å²) in [6.07, 6.45) is 2.29. The molecule has 0 aliphatic carbocycles. The molecule has 10 nitrogen and oxygen atoms in total. The maximum absolute atomic E-state index is 12.6. The molecule has 1 aromatic carbocycles. The zero-order valence-corrected chi connectivity index (χ0v) is 18.6. The fraction of sp³-hybridized carbons (Fsp3) is 0.500. The van der Waals surface area contributed by atoms with Gasteiger partial charge < -0.3 is 25.9 Å². The summed E-state index contributed by atoms with van der Waals surface area (Å²) in [5.74, 6) is 1.54. The molecule has 10 heteroatoms. The van der Waals surface area contributed by atoms with Crippen molar-refractivity contribution in [2.45, 2.75) is 32.9 Å². The Bertz CT molecular complexity index is 1130. The van der Waals surface area contributed by atoms with Gasteiger partial charge in [-0.25, -0.2) is 4.79 Å². The lowest BCUT2D eigenvalue weighted by molar-refractivity contribution is 0.180. The van der Waals surface area contributed by atoms with Crippen LogP contribution in [0.25, 0.3) is 11.2 Å². The van der Waals surface area contributed by atoms with E-state index in [4.69, 9.17) is 20.9 Å². The highest BCUT2D eigenvalue weighted by Crippen LogP contribution is 2.25. The Labute approximate surface area is 186 Å².